The van der Waals surface area contributed by atoms with Crippen molar-refractivity contribution in [3.05, 3.63) is 59.2 Å². The van der Waals surface area contributed by atoms with Gasteiger partial charge in [-0.1, -0.05) is 6.92 Å². The molecule has 0 fully saturated rings. The molecule has 5 nitrogen and oxygen atoms in total. The molecule has 0 bridgehead atoms. The molecule has 0 aliphatic heterocycles. The summed E-state index contributed by atoms with van der Waals surface area (Å²) in [4.78, 5) is 12.9. The van der Waals surface area contributed by atoms with E-state index in [0.29, 0.717) is 10.6 Å². The van der Waals surface area contributed by atoms with E-state index in [-0.39, 0.29) is 16.8 Å². The molecule has 3 aromatic rings. The highest BCUT2D eigenvalue weighted by Gasteiger charge is 2.22. The predicted molar refractivity (Wildman–Crippen MR) is 111 cm³/mol. The molecule has 0 saturated heterocycles. The van der Waals surface area contributed by atoms with Crippen LogP contribution in [0.15, 0.2) is 53.4 Å². The van der Waals surface area contributed by atoms with E-state index < -0.39 is 15.8 Å². The number of rotatable bonds is 6. The molecule has 148 valence electrons. The highest BCUT2D eigenvalue weighted by Crippen LogP contribution is 2.31. The fraction of sp³-hybridized carbons (Fsp3) is 0.250. The summed E-state index contributed by atoms with van der Waals surface area (Å²) in [6.07, 6.45) is 0.840. The van der Waals surface area contributed by atoms with E-state index >= 15 is 0 Å². The molecule has 0 aliphatic carbocycles. The Labute approximate surface area is 167 Å². The first-order valence-electron chi connectivity index (χ1n) is 8.81. The lowest BCUT2D eigenvalue weighted by Crippen LogP contribution is -2.31. The minimum atomic E-state index is -3.82. The lowest BCUT2D eigenvalue weighted by molar-refractivity contribution is 0.0943. The second-order valence-corrected chi connectivity index (χ2v) is 9.60. The van der Waals surface area contributed by atoms with Crippen LogP contribution in [0.3, 0.4) is 0 Å². The smallest absolute Gasteiger partial charge is 0.264 e. The summed E-state index contributed by atoms with van der Waals surface area (Å²) in [6, 6.07) is 11.8. The van der Waals surface area contributed by atoms with Crippen molar-refractivity contribution in [1.82, 2.24) is 5.32 Å². The van der Waals surface area contributed by atoms with Gasteiger partial charge in [0.2, 0.25) is 0 Å². The molecule has 0 radical (unpaired) electrons. The molecule has 3 rings (SSSR count). The van der Waals surface area contributed by atoms with E-state index in [0.717, 1.165) is 32.9 Å². The van der Waals surface area contributed by atoms with Crippen LogP contribution in [0, 0.1) is 5.82 Å². The summed E-state index contributed by atoms with van der Waals surface area (Å²) < 4.78 is 40.7. The van der Waals surface area contributed by atoms with Gasteiger partial charge in [-0.3, -0.25) is 9.10 Å². The number of carbonyl (C=O) groups is 1. The number of carbonyl (C=O) groups excluding carboxylic acids is 1. The SMILES string of the molecule is CC[C@@H](C)NC(=O)c1cc2cc(N(C)S(=O)(=O)c3ccc(F)cc3)ccc2s1. The molecule has 1 N–H and O–H groups in total. The van der Waals surface area contributed by atoms with Gasteiger partial charge in [-0.05, 0) is 67.3 Å². The van der Waals surface area contributed by atoms with Crippen molar-refractivity contribution in [3.8, 4) is 0 Å². The Morgan fingerprint density at radius 3 is 2.50 bits per heavy atom. The number of benzene rings is 2. The highest BCUT2D eigenvalue weighted by molar-refractivity contribution is 7.92. The van der Waals surface area contributed by atoms with Gasteiger partial charge in [0, 0.05) is 17.8 Å². The zero-order valence-electron chi connectivity index (χ0n) is 15.8. The van der Waals surface area contributed by atoms with E-state index in [1.165, 1.54) is 30.5 Å². The molecule has 0 spiro atoms. The molecule has 0 saturated carbocycles. The number of nitrogens with one attached hydrogen (secondary N) is 1. The van der Waals surface area contributed by atoms with Gasteiger partial charge in [0.25, 0.3) is 15.9 Å². The largest absolute Gasteiger partial charge is 0.349 e. The third-order valence-corrected chi connectivity index (χ3v) is 7.46. The summed E-state index contributed by atoms with van der Waals surface area (Å²) in [5.74, 6) is -0.631. The number of anilines is 1. The van der Waals surface area contributed by atoms with Gasteiger partial charge in [-0.15, -0.1) is 11.3 Å². The molecule has 1 atom stereocenters. The number of halogens is 1. The Hall–Kier alpha value is -2.45. The molecular weight excluding hydrogens is 399 g/mol. The first-order chi connectivity index (χ1) is 13.2. The average molecular weight is 421 g/mol. The zero-order chi connectivity index (χ0) is 20.5. The van der Waals surface area contributed by atoms with Crippen LogP contribution in [0.4, 0.5) is 10.1 Å². The fourth-order valence-corrected chi connectivity index (χ4v) is 4.77. The van der Waals surface area contributed by atoms with Gasteiger partial charge in [0.15, 0.2) is 0 Å². The third kappa shape index (κ3) is 4.02. The van der Waals surface area contributed by atoms with Crippen molar-refractivity contribution < 1.29 is 17.6 Å². The van der Waals surface area contributed by atoms with Crippen LogP contribution in [0.25, 0.3) is 10.1 Å². The molecule has 1 aromatic heterocycles. The predicted octanol–water partition coefficient (Wildman–Crippen LogP) is 4.39. The van der Waals surface area contributed by atoms with Crippen LogP contribution >= 0.6 is 11.3 Å². The van der Waals surface area contributed by atoms with Crippen LogP contribution in [-0.2, 0) is 10.0 Å². The lowest BCUT2D eigenvalue weighted by Gasteiger charge is -2.19. The number of hydrogen-bond donors (Lipinski definition) is 1. The average Bonchev–Trinajstić information content (AvgIpc) is 3.11. The maximum Gasteiger partial charge on any atom is 0.264 e. The first-order valence-corrected chi connectivity index (χ1v) is 11.1. The van der Waals surface area contributed by atoms with Crippen molar-refractivity contribution in [2.24, 2.45) is 0 Å². The molecule has 0 unspecified atom stereocenters. The van der Waals surface area contributed by atoms with Crippen molar-refractivity contribution >= 4 is 43.0 Å². The first kappa shape index (κ1) is 20.3. The Kier molecular flexibility index (Phi) is 5.71. The minimum absolute atomic E-state index is 0.00966. The van der Waals surface area contributed by atoms with Crippen molar-refractivity contribution in [1.29, 1.82) is 0 Å². The van der Waals surface area contributed by atoms with Gasteiger partial charge in [-0.2, -0.15) is 0 Å². The van der Waals surface area contributed by atoms with Crippen molar-refractivity contribution in [3.63, 3.8) is 0 Å². The molecule has 8 heteroatoms. The van der Waals surface area contributed by atoms with Crippen molar-refractivity contribution in [2.45, 2.75) is 31.2 Å². The van der Waals surface area contributed by atoms with Gasteiger partial charge in [0.1, 0.15) is 5.82 Å². The van der Waals surface area contributed by atoms with Crippen LogP contribution < -0.4 is 9.62 Å². The molecule has 0 aliphatic rings. The Morgan fingerprint density at radius 2 is 1.86 bits per heavy atom. The standard InChI is InChI=1S/C20H21FN2O3S2/c1-4-13(2)22-20(24)19-12-14-11-16(7-10-18(14)27-19)23(3)28(25,26)17-8-5-15(21)6-9-17/h5-13H,4H2,1-3H3,(H,22,24)/t13-/m1/s1. The molecular formula is C20H21FN2O3S2. The van der Waals surface area contributed by atoms with E-state index in [1.807, 2.05) is 13.8 Å². The summed E-state index contributed by atoms with van der Waals surface area (Å²) in [5, 5.41) is 3.72. The van der Waals surface area contributed by atoms with Crippen LogP contribution in [0.5, 0.6) is 0 Å². The second kappa shape index (κ2) is 7.89. The molecule has 1 heterocycles. The lowest BCUT2D eigenvalue weighted by atomic mass is 10.2. The van der Waals surface area contributed by atoms with E-state index in [4.69, 9.17) is 0 Å². The maximum atomic E-state index is 13.1. The molecule has 1 amide bonds. The zero-order valence-corrected chi connectivity index (χ0v) is 17.4. The van der Waals surface area contributed by atoms with E-state index in [2.05, 4.69) is 5.32 Å². The quantitative estimate of drug-likeness (QED) is 0.643. The number of nitrogens with zero attached hydrogens (tertiary/aromatic N) is 1. The Bertz CT molecular complexity index is 1110. The Balaban J connectivity index is 1.91. The van der Waals surface area contributed by atoms with E-state index in [9.17, 15) is 17.6 Å². The normalized spacial score (nSPS) is 12.7. The Morgan fingerprint density at radius 1 is 1.18 bits per heavy atom. The fourth-order valence-electron chi connectivity index (χ4n) is 2.64. The number of thiophene rings is 1. The number of fused-ring (bicyclic) bond motifs is 1. The maximum absolute atomic E-state index is 13.1. The topological polar surface area (TPSA) is 66.5 Å². The van der Waals surface area contributed by atoms with Gasteiger partial charge in [-0.25, -0.2) is 12.8 Å². The van der Waals surface area contributed by atoms with Crippen LogP contribution in [0.2, 0.25) is 0 Å². The second-order valence-electron chi connectivity index (χ2n) is 6.54. The van der Waals surface area contributed by atoms with Gasteiger partial charge in [0.05, 0.1) is 15.5 Å². The van der Waals surface area contributed by atoms with Crippen molar-refractivity contribution in [2.75, 3.05) is 11.4 Å². The summed E-state index contributed by atoms with van der Waals surface area (Å²) >= 11 is 1.36. The monoisotopic (exact) mass is 420 g/mol. The van der Waals surface area contributed by atoms with Gasteiger partial charge >= 0.3 is 0 Å². The summed E-state index contributed by atoms with van der Waals surface area (Å²) in [7, 11) is -2.37. The molecule has 28 heavy (non-hydrogen) atoms. The van der Waals surface area contributed by atoms with Crippen LogP contribution in [-0.4, -0.2) is 27.4 Å². The summed E-state index contributed by atoms with van der Waals surface area (Å²) in [6.45, 7) is 3.94. The summed E-state index contributed by atoms with van der Waals surface area (Å²) in [5.41, 5.74) is 0.462. The number of hydrogen-bond acceptors (Lipinski definition) is 4. The van der Waals surface area contributed by atoms with E-state index in [1.54, 1.807) is 24.3 Å². The third-order valence-electron chi connectivity index (χ3n) is 4.55. The number of amides is 1. The molecule has 2 aromatic carbocycles. The number of sulfonamides is 1. The highest BCUT2D eigenvalue weighted by atomic mass is 32.2. The minimum Gasteiger partial charge on any atom is -0.349 e. The van der Waals surface area contributed by atoms with Crippen LogP contribution in [0.1, 0.15) is 29.9 Å². The van der Waals surface area contributed by atoms with Gasteiger partial charge < -0.3 is 5.32 Å².